The largest absolute Gasteiger partial charge is 0.493 e. The Balaban J connectivity index is 2.12. The van der Waals surface area contributed by atoms with E-state index < -0.39 is 0 Å². The molecule has 1 amide bonds. The number of carbonyl (C=O) groups is 1. The predicted molar refractivity (Wildman–Crippen MR) is 102 cm³/mol. The van der Waals surface area contributed by atoms with Crippen LogP contribution in [-0.2, 0) is 4.79 Å². The molecular weight excluding hydrogens is 314 g/mol. The van der Waals surface area contributed by atoms with E-state index in [1.807, 2.05) is 64.1 Å². The van der Waals surface area contributed by atoms with Gasteiger partial charge in [-0.15, -0.1) is 0 Å². The Morgan fingerprint density at radius 2 is 1.76 bits per heavy atom. The fourth-order valence-electron chi connectivity index (χ4n) is 2.49. The second-order valence-electron chi connectivity index (χ2n) is 6.17. The maximum atomic E-state index is 12.2. The lowest BCUT2D eigenvalue weighted by Gasteiger charge is -2.13. The molecule has 2 aromatic carbocycles. The van der Waals surface area contributed by atoms with E-state index in [0.29, 0.717) is 11.5 Å². The molecule has 0 aliphatic heterocycles. The lowest BCUT2D eigenvalue weighted by Crippen LogP contribution is -2.10. The summed E-state index contributed by atoms with van der Waals surface area (Å²) in [4.78, 5) is 12.2. The first-order valence-electron chi connectivity index (χ1n) is 8.30. The third-order valence-corrected chi connectivity index (χ3v) is 3.71. The van der Waals surface area contributed by atoms with Gasteiger partial charge in [0.25, 0.3) is 0 Å². The summed E-state index contributed by atoms with van der Waals surface area (Å²) in [6.07, 6.45) is 3.34. The molecule has 1 N–H and O–H groups in total. The van der Waals surface area contributed by atoms with Crippen molar-refractivity contribution in [3.63, 3.8) is 0 Å². The molecule has 0 radical (unpaired) electrons. The van der Waals surface area contributed by atoms with Crippen LogP contribution in [0.2, 0.25) is 0 Å². The molecule has 0 saturated carbocycles. The van der Waals surface area contributed by atoms with Crippen molar-refractivity contribution in [2.24, 2.45) is 0 Å². The van der Waals surface area contributed by atoms with Gasteiger partial charge < -0.3 is 14.8 Å². The van der Waals surface area contributed by atoms with Gasteiger partial charge in [0.05, 0.1) is 13.2 Å². The number of aryl methyl sites for hydroxylation is 2. The first-order chi connectivity index (χ1) is 11.9. The Morgan fingerprint density at radius 3 is 2.36 bits per heavy atom. The molecule has 0 heterocycles. The van der Waals surface area contributed by atoms with Crippen LogP contribution in [0.5, 0.6) is 11.5 Å². The molecule has 4 heteroatoms. The minimum Gasteiger partial charge on any atom is -0.493 e. The molecule has 2 aromatic rings. The molecule has 0 aliphatic carbocycles. The van der Waals surface area contributed by atoms with Crippen molar-refractivity contribution in [2.45, 2.75) is 33.8 Å². The Labute approximate surface area is 149 Å². The summed E-state index contributed by atoms with van der Waals surface area (Å²) >= 11 is 0. The minimum atomic E-state index is -0.168. The molecule has 2 rings (SSSR count). The number of hydrogen-bond donors (Lipinski definition) is 1. The average Bonchev–Trinajstić information content (AvgIpc) is 2.57. The molecule has 0 bridgehead atoms. The molecule has 4 nitrogen and oxygen atoms in total. The second kappa shape index (κ2) is 8.38. The number of ether oxygens (including phenoxy) is 2. The molecule has 0 spiro atoms. The van der Waals surface area contributed by atoms with Gasteiger partial charge in [-0.1, -0.05) is 24.3 Å². The maximum absolute atomic E-state index is 12.2. The number of carbonyl (C=O) groups excluding carboxylic acids is 1. The van der Waals surface area contributed by atoms with Crippen LogP contribution >= 0.6 is 0 Å². The van der Waals surface area contributed by atoms with Gasteiger partial charge in [0.15, 0.2) is 11.5 Å². The molecule has 0 atom stereocenters. The Morgan fingerprint density at radius 1 is 1.08 bits per heavy atom. The summed E-state index contributed by atoms with van der Waals surface area (Å²) in [5, 5.41) is 2.93. The smallest absolute Gasteiger partial charge is 0.248 e. The van der Waals surface area contributed by atoms with Gasteiger partial charge in [-0.25, -0.2) is 0 Å². The van der Waals surface area contributed by atoms with Crippen molar-refractivity contribution in [1.29, 1.82) is 0 Å². The van der Waals surface area contributed by atoms with Gasteiger partial charge in [-0.3, -0.25) is 4.79 Å². The number of rotatable bonds is 6. The third kappa shape index (κ3) is 5.11. The van der Waals surface area contributed by atoms with Crippen LogP contribution in [0.25, 0.3) is 6.08 Å². The highest BCUT2D eigenvalue weighted by Gasteiger charge is 2.07. The van der Waals surface area contributed by atoms with E-state index in [9.17, 15) is 4.79 Å². The first kappa shape index (κ1) is 18.6. The van der Waals surface area contributed by atoms with Crippen LogP contribution in [0.15, 0.2) is 42.5 Å². The third-order valence-electron chi connectivity index (χ3n) is 3.71. The Kier molecular flexibility index (Phi) is 6.23. The van der Waals surface area contributed by atoms with Crippen LogP contribution in [0.3, 0.4) is 0 Å². The van der Waals surface area contributed by atoms with E-state index in [-0.39, 0.29) is 12.0 Å². The van der Waals surface area contributed by atoms with Gasteiger partial charge in [0, 0.05) is 11.8 Å². The highest BCUT2D eigenvalue weighted by molar-refractivity contribution is 6.02. The summed E-state index contributed by atoms with van der Waals surface area (Å²) in [6, 6.07) is 11.5. The average molecular weight is 339 g/mol. The van der Waals surface area contributed by atoms with Crippen LogP contribution in [0.4, 0.5) is 5.69 Å². The van der Waals surface area contributed by atoms with E-state index in [1.54, 1.807) is 13.2 Å². The molecule has 0 aromatic heterocycles. The lowest BCUT2D eigenvalue weighted by molar-refractivity contribution is -0.111. The van der Waals surface area contributed by atoms with Gasteiger partial charge >= 0.3 is 0 Å². The van der Waals surface area contributed by atoms with E-state index in [1.165, 1.54) is 6.08 Å². The number of benzene rings is 2. The van der Waals surface area contributed by atoms with Crippen LogP contribution < -0.4 is 14.8 Å². The standard InChI is InChI=1S/C21H25NO3/c1-14(2)25-18-11-9-17(13-19(18)24-5)10-12-20(23)22-21-15(3)7-6-8-16(21)4/h6-14H,1-5H3,(H,22,23)/b12-10+. The van der Waals surface area contributed by atoms with Crippen LogP contribution in [-0.4, -0.2) is 19.1 Å². The zero-order valence-electron chi connectivity index (χ0n) is 15.4. The van der Waals surface area contributed by atoms with Crippen LogP contribution in [0, 0.1) is 13.8 Å². The summed E-state index contributed by atoms with van der Waals surface area (Å²) in [5.41, 5.74) is 3.80. The summed E-state index contributed by atoms with van der Waals surface area (Å²) in [6.45, 7) is 7.88. The molecular formula is C21H25NO3. The fraction of sp³-hybridized carbons (Fsp3) is 0.286. The van der Waals surface area contributed by atoms with Crippen molar-refractivity contribution in [3.05, 3.63) is 59.2 Å². The number of nitrogens with one attached hydrogen (secondary N) is 1. The van der Waals surface area contributed by atoms with E-state index in [0.717, 1.165) is 22.4 Å². The van der Waals surface area contributed by atoms with Crippen LogP contribution in [0.1, 0.15) is 30.5 Å². The monoisotopic (exact) mass is 339 g/mol. The normalized spacial score (nSPS) is 11.0. The van der Waals surface area contributed by atoms with Gasteiger partial charge in [0.1, 0.15) is 0 Å². The van der Waals surface area contributed by atoms with Gasteiger partial charge in [0.2, 0.25) is 5.91 Å². The summed E-state index contributed by atoms with van der Waals surface area (Å²) in [5.74, 6) is 1.17. The van der Waals surface area contributed by atoms with Crippen molar-refractivity contribution in [1.82, 2.24) is 0 Å². The molecule has 25 heavy (non-hydrogen) atoms. The quantitative estimate of drug-likeness (QED) is 0.773. The SMILES string of the molecule is COc1cc(/C=C/C(=O)Nc2c(C)cccc2C)ccc1OC(C)C. The van der Waals surface area contributed by atoms with Crippen molar-refractivity contribution < 1.29 is 14.3 Å². The number of para-hydroxylation sites is 1. The minimum absolute atomic E-state index is 0.0680. The zero-order chi connectivity index (χ0) is 18.4. The molecule has 0 saturated heterocycles. The fourth-order valence-corrected chi connectivity index (χ4v) is 2.49. The zero-order valence-corrected chi connectivity index (χ0v) is 15.4. The van der Waals surface area contributed by atoms with Gasteiger partial charge in [-0.2, -0.15) is 0 Å². The molecule has 0 fully saturated rings. The molecule has 0 aliphatic rings. The summed E-state index contributed by atoms with van der Waals surface area (Å²) in [7, 11) is 1.60. The predicted octanol–water partition coefficient (Wildman–Crippen LogP) is 4.75. The van der Waals surface area contributed by atoms with E-state index in [2.05, 4.69) is 5.32 Å². The maximum Gasteiger partial charge on any atom is 0.248 e. The Bertz CT molecular complexity index is 758. The van der Waals surface area contributed by atoms with E-state index in [4.69, 9.17) is 9.47 Å². The van der Waals surface area contributed by atoms with Gasteiger partial charge in [-0.05, 0) is 62.6 Å². The van der Waals surface area contributed by atoms with Crippen molar-refractivity contribution in [2.75, 3.05) is 12.4 Å². The lowest BCUT2D eigenvalue weighted by atomic mass is 10.1. The number of amides is 1. The first-order valence-corrected chi connectivity index (χ1v) is 8.30. The second-order valence-corrected chi connectivity index (χ2v) is 6.17. The topological polar surface area (TPSA) is 47.6 Å². The highest BCUT2D eigenvalue weighted by Crippen LogP contribution is 2.29. The Hall–Kier alpha value is -2.75. The molecule has 0 unspecified atom stereocenters. The summed E-state index contributed by atoms with van der Waals surface area (Å²) < 4.78 is 11.1. The number of methoxy groups -OCH3 is 1. The molecule has 132 valence electrons. The highest BCUT2D eigenvalue weighted by atomic mass is 16.5. The van der Waals surface area contributed by atoms with Crippen molar-refractivity contribution >= 4 is 17.7 Å². The van der Waals surface area contributed by atoms with E-state index >= 15 is 0 Å². The van der Waals surface area contributed by atoms with Crippen molar-refractivity contribution in [3.8, 4) is 11.5 Å². The number of anilines is 1. The number of hydrogen-bond acceptors (Lipinski definition) is 3.